The number of aliphatic carboxylic acids is 1. The number of carbonyl (C=O) groups is 3. The molecule has 0 radical (unpaired) electrons. The minimum absolute atomic E-state index is 0. The third kappa shape index (κ3) is 9.86. The van der Waals surface area contributed by atoms with Crippen LogP contribution in [0, 0.1) is 0 Å². The number of hydrogen-bond acceptors (Lipinski definition) is 6. The van der Waals surface area contributed by atoms with Crippen molar-refractivity contribution in [3.63, 3.8) is 0 Å². The second kappa shape index (κ2) is 14.9. The fourth-order valence-electron chi connectivity index (χ4n) is 3.32. The Labute approximate surface area is 226 Å². The van der Waals surface area contributed by atoms with Crippen LogP contribution in [0.4, 0.5) is 5.95 Å². The van der Waals surface area contributed by atoms with Crippen molar-refractivity contribution in [2.24, 2.45) is 0 Å². The normalized spacial score (nSPS) is 11.0. The Hall–Kier alpha value is -3.27. The summed E-state index contributed by atoms with van der Waals surface area (Å²) in [6.07, 6.45) is 3.75. The number of carbonyl (C=O) groups excluding carboxylic acids is 2. The maximum atomic E-state index is 12.4. The van der Waals surface area contributed by atoms with Crippen molar-refractivity contribution >= 4 is 53.3 Å². The summed E-state index contributed by atoms with van der Waals surface area (Å²) < 4.78 is 0. The molecule has 0 saturated carbocycles. The van der Waals surface area contributed by atoms with Gasteiger partial charge in [0.1, 0.15) is 0 Å². The van der Waals surface area contributed by atoms with Crippen molar-refractivity contribution in [1.82, 2.24) is 20.6 Å². The number of aromatic nitrogens is 2. The van der Waals surface area contributed by atoms with Crippen LogP contribution in [0.25, 0.3) is 11.1 Å². The summed E-state index contributed by atoms with van der Waals surface area (Å²) in [6.45, 7) is 0.287. The number of benzene rings is 2. The summed E-state index contributed by atoms with van der Waals surface area (Å²) in [6, 6.07) is 18.2. The van der Waals surface area contributed by atoms with Gasteiger partial charge in [0.25, 0.3) is 0 Å². The van der Waals surface area contributed by atoms with E-state index < -0.39 is 17.9 Å². The summed E-state index contributed by atoms with van der Waals surface area (Å²) >= 11 is 0. The van der Waals surface area contributed by atoms with Gasteiger partial charge in [0.15, 0.2) is 0 Å². The van der Waals surface area contributed by atoms with Crippen LogP contribution in [0.2, 0.25) is 0 Å². The van der Waals surface area contributed by atoms with Crippen LogP contribution in [0.15, 0.2) is 73.1 Å². The second-order valence-electron chi connectivity index (χ2n) is 7.59. The molecule has 2 amide bonds. The van der Waals surface area contributed by atoms with Gasteiger partial charge in [-0.2, -0.15) is 0 Å². The zero-order chi connectivity index (χ0) is 24.2. The fraction of sp³-hybridized carbons (Fsp3) is 0.240. The molecule has 3 aromatic rings. The molecule has 0 aliphatic carbocycles. The van der Waals surface area contributed by atoms with Crippen LogP contribution in [-0.2, 0) is 14.4 Å². The van der Waals surface area contributed by atoms with E-state index in [0.717, 1.165) is 11.1 Å². The van der Waals surface area contributed by atoms with E-state index in [-0.39, 0.29) is 54.9 Å². The number of amides is 2. The molecule has 1 heterocycles. The zero-order valence-corrected chi connectivity index (χ0v) is 18.6. The Morgan fingerprint density at radius 3 is 2.17 bits per heavy atom. The van der Waals surface area contributed by atoms with Gasteiger partial charge in [-0.3, -0.25) is 14.4 Å². The third-order valence-corrected chi connectivity index (χ3v) is 5.01. The molecule has 1 unspecified atom stereocenters. The monoisotopic (exact) mass is 485 g/mol. The van der Waals surface area contributed by atoms with Crippen LogP contribution in [0.1, 0.15) is 30.9 Å². The summed E-state index contributed by atoms with van der Waals surface area (Å²) in [5.41, 5.74) is 2.71. The summed E-state index contributed by atoms with van der Waals surface area (Å²) in [7, 11) is 0. The average molecular weight is 486 g/mol. The first-order valence-electron chi connectivity index (χ1n) is 11.0. The first-order chi connectivity index (χ1) is 16.5. The molecule has 0 fully saturated rings. The molecule has 1 atom stereocenters. The Morgan fingerprint density at radius 1 is 0.857 bits per heavy atom. The molecule has 3 rings (SSSR count). The predicted molar refractivity (Wildman–Crippen MR) is 135 cm³/mol. The van der Waals surface area contributed by atoms with E-state index in [1.54, 1.807) is 30.6 Å². The molecule has 35 heavy (non-hydrogen) atoms. The zero-order valence-electron chi connectivity index (χ0n) is 18.6. The molecule has 0 aliphatic heterocycles. The molecule has 178 valence electrons. The number of hydrogen-bond donors (Lipinski definition) is 4. The van der Waals surface area contributed by atoms with Gasteiger partial charge in [-0.25, -0.2) is 9.97 Å². The first kappa shape index (κ1) is 28.0. The fourth-order valence-corrected chi connectivity index (χ4v) is 3.32. The van der Waals surface area contributed by atoms with Crippen LogP contribution >= 0.6 is 0 Å². The van der Waals surface area contributed by atoms with Crippen molar-refractivity contribution in [2.75, 3.05) is 18.4 Å². The molecular weight excluding hydrogens is 457 g/mol. The molecular formula is C25H28N5NaO4. The summed E-state index contributed by atoms with van der Waals surface area (Å²) in [5.74, 6) is -1.27. The van der Waals surface area contributed by atoms with Crippen molar-refractivity contribution in [2.45, 2.75) is 25.3 Å². The third-order valence-electron chi connectivity index (χ3n) is 5.01. The van der Waals surface area contributed by atoms with E-state index in [9.17, 15) is 19.5 Å². The van der Waals surface area contributed by atoms with Crippen molar-refractivity contribution in [3.8, 4) is 11.1 Å². The summed E-state index contributed by atoms with van der Waals surface area (Å²) in [4.78, 5) is 43.8. The second-order valence-corrected chi connectivity index (χ2v) is 7.59. The SMILES string of the molecule is O=C(O)CC(NC(=O)CNC(=O)CCCNc1ncccn1)c1ccc(-c2ccccc2)cc1.[NaH]. The number of carboxylic acid groups (broad SMARTS) is 1. The quantitative estimate of drug-likeness (QED) is 0.228. The van der Waals surface area contributed by atoms with E-state index >= 15 is 0 Å². The molecule has 0 spiro atoms. The average Bonchev–Trinajstić information content (AvgIpc) is 2.86. The molecule has 0 aliphatic rings. The number of nitrogens with one attached hydrogen (secondary N) is 3. The Bertz CT molecular complexity index is 1080. The molecule has 9 nitrogen and oxygen atoms in total. The van der Waals surface area contributed by atoms with E-state index in [1.807, 2.05) is 42.5 Å². The van der Waals surface area contributed by atoms with E-state index in [4.69, 9.17) is 0 Å². The van der Waals surface area contributed by atoms with E-state index in [1.165, 1.54) is 0 Å². The number of nitrogens with zero attached hydrogens (tertiary/aromatic N) is 2. The van der Waals surface area contributed by atoms with Crippen molar-refractivity contribution in [1.29, 1.82) is 0 Å². The Balaban J connectivity index is 0.00000432. The van der Waals surface area contributed by atoms with Gasteiger partial charge in [0, 0.05) is 25.4 Å². The van der Waals surface area contributed by atoms with Crippen LogP contribution in [0.5, 0.6) is 0 Å². The minimum atomic E-state index is -1.03. The number of anilines is 1. The Morgan fingerprint density at radius 2 is 1.51 bits per heavy atom. The van der Waals surface area contributed by atoms with Gasteiger partial charge < -0.3 is 21.1 Å². The standard InChI is InChI=1S/C25H27N5O4.Na.H/c31-22(8-4-13-26-25-27-14-5-15-28-25)29-17-23(32)30-21(16-24(33)34)20-11-9-19(10-12-20)18-6-2-1-3-7-18;;/h1-3,5-7,9-12,14-15,21H,4,8,13,16-17H2,(H,29,31)(H,30,32)(H,33,34)(H,26,27,28);;. The van der Waals surface area contributed by atoms with Crippen molar-refractivity contribution < 1.29 is 19.5 Å². The van der Waals surface area contributed by atoms with Gasteiger partial charge in [-0.15, -0.1) is 0 Å². The topological polar surface area (TPSA) is 133 Å². The first-order valence-corrected chi connectivity index (χ1v) is 11.0. The molecule has 4 N–H and O–H groups in total. The maximum absolute atomic E-state index is 12.4. The van der Waals surface area contributed by atoms with Gasteiger partial charge >= 0.3 is 35.5 Å². The van der Waals surface area contributed by atoms with Crippen LogP contribution < -0.4 is 16.0 Å². The van der Waals surface area contributed by atoms with Gasteiger partial charge in [0.2, 0.25) is 17.8 Å². The van der Waals surface area contributed by atoms with Crippen LogP contribution in [-0.4, -0.2) is 75.5 Å². The summed E-state index contributed by atoms with van der Waals surface area (Å²) in [5, 5.41) is 17.5. The van der Waals surface area contributed by atoms with Crippen molar-refractivity contribution in [3.05, 3.63) is 78.6 Å². The molecule has 2 aromatic carbocycles. The Kier molecular flexibility index (Phi) is 11.9. The molecule has 1 aromatic heterocycles. The molecule has 10 heteroatoms. The predicted octanol–water partition coefficient (Wildman–Crippen LogP) is 2.14. The number of carboxylic acids is 1. The molecule has 0 saturated heterocycles. The van der Waals surface area contributed by atoms with Crippen LogP contribution in [0.3, 0.4) is 0 Å². The van der Waals surface area contributed by atoms with Gasteiger partial charge in [0.05, 0.1) is 19.0 Å². The van der Waals surface area contributed by atoms with Gasteiger partial charge in [-0.1, -0.05) is 54.6 Å². The molecule has 0 bridgehead atoms. The van der Waals surface area contributed by atoms with E-state index in [2.05, 4.69) is 25.9 Å². The van der Waals surface area contributed by atoms with Gasteiger partial charge in [-0.05, 0) is 29.2 Å². The number of rotatable bonds is 12. The van der Waals surface area contributed by atoms with E-state index in [0.29, 0.717) is 24.5 Å².